The van der Waals surface area contributed by atoms with Crippen molar-refractivity contribution in [2.45, 2.75) is 24.8 Å². The molecule has 6 heteroatoms. The first kappa shape index (κ1) is 18.5. The monoisotopic (exact) mass is 373 g/mol. The van der Waals surface area contributed by atoms with Crippen molar-refractivity contribution in [2.75, 3.05) is 26.1 Å². The first-order chi connectivity index (χ1) is 12.6. The fourth-order valence-corrected chi connectivity index (χ4v) is 3.55. The Hall–Kier alpha value is -2.34. The molecule has 138 valence electrons. The summed E-state index contributed by atoms with van der Waals surface area (Å²) < 4.78 is 16.5. The van der Waals surface area contributed by atoms with Crippen molar-refractivity contribution in [3.05, 3.63) is 47.5 Å². The summed E-state index contributed by atoms with van der Waals surface area (Å²) in [6.07, 6.45) is 0. The van der Waals surface area contributed by atoms with E-state index in [1.807, 2.05) is 50.2 Å². The van der Waals surface area contributed by atoms with Gasteiger partial charge in [0.15, 0.2) is 11.5 Å². The standard InChI is InChI=1S/C20H23NO4S/c1-13-4-6-17(23-3)16(10-13)14(2)21-20(22)12-26-15-5-7-18-19(11-15)25-9-8-24-18/h4-7,10-11,14H,8-9,12H2,1-3H3,(H,21,22)/t14-/m0/s1. The predicted octanol–water partition coefficient (Wildman–Crippen LogP) is 3.74. The van der Waals surface area contributed by atoms with E-state index in [4.69, 9.17) is 14.2 Å². The molecule has 0 aliphatic carbocycles. The summed E-state index contributed by atoms with van der Waals surface area (Å²) >= 11 is 1.47. The molecule has 0 spiro atoms. The Labute approximate surface area is 158 Å². The van der Waals surface area contributed by atoms with Gasteiger partial charge in [-0.15, -0.1) is 11.8 Å². The SMILES string of the molecule is COc1ccc(C)cc1[C@H](C)NC(=O)CSc1ccc2c(c1)OCCO2. The largest absolute Gasteiger partial charge is 0.496 e. The lowest BCUT2D eigenvalue weighted by atomic mass is 10.0. The van der Waals surface area contributed by atoms with Crippen LogP contribution in [0.25, 0.3) is 0 Å². The molecule has 0 unspecified atom stereocenters. The topological polar surface area (TPSA) is 56.8 Å². The number of hydrogen-bond acceptors (Lipinski definition) is 5. The summed E-state index contributed by atoms with van der Waals surface area (Å²) in [7, 11) is 1.64. The molecule has 1 aliphatic rings. The summed E-state index contributed by atoms with van der Waals surface area (Å²) in [5.74, 6) is 2.58. The van der Waals surface area contributed by atoms with Crippen molar-refractivity contribution in [3.63, 3.8) is 0 Å². The van der Waals surface area contributed by atoms with Crippen LogP contribution >= 0.6 is 11.8 Å². The second-order valence-electron chi connectivity index (χ2n) is 6.13. The van der Waals surface area contributed by atoms with E-state index in [0.29, 0.717) is 19.0 Å². The number of rotatable bonds is 6. The average molecular weight is 373 g/mol. The smallest absolute Gasteiger partial charge is 0.230 e. The van der Waals surface area contributed by atoms with Gasteiger partial charge in [-0.2, -0.15) is 0 Å². The number of ether oxygens (including phenoxy) is 3. The quantitative estimate of drug-likeness (QED) is 0.782. The van der Waals surface area contributed by atoms with E-state index in [1.54, 1.807) is 7.11 Å². The number of benzene rings is 2. The predicted molar refractivity (Wildman–Crippen MR) is 102 cm³/mol. The molecule has 1 amide bonds. The van der Waals surface area contributed by atoms with Crippen LogP contribution < -0.4 is 19.5 Å². The molecule has 1 heterocycles. The number of fused-ring (bicyclic) bond motifs is 1. The Morgan fingerprint density at radius 2 is 1.96 bits per heavy atom. The number of hydrogen-bond donors (Lipinski definition) is 1. The van der Waals surface area contributed by atoms with Crippen LogP contribution in [-0.4, -0.2) is 32.0 Å². The number of carbonyl (C=O) groups excluding carboxylic acids is 1. The summed E-state index contributed by atoms with van der Waals surface area (Å²) in [4.78, 5) is 13.3. The van der Waals surface area contributed by atoms with E-state index < -0.39 is 0 Å². The van der Waals surface area contributed by atoms with Crippen molar-refractivity contribution in [1.82, 2.24) is 5.32 Å². The Kier molecular flexibility index (Phi) is 5.93. The summed E-state index contributed by atoms with van der Waals surface area (Å²) in [5, 5.41) is 3.03. The molecular weight excluding hydrogens is 350 g/mol. The van der Waals surface area contributed by atoms with Crippen molar-refractivity contribution in [3.8, 4) is 17.2 Å². The molecule has 1 atom stereocenters. The van der Waals surface area contributed by atoms with E-state index in [1.165, 1.54) is 11.8 Å². The lowest BCUT2D eigenvalue weighted by Crippen LogP contribution is -2.28. The summed E-state index contributed by atoms with van der Waals surface area (Å²) in [6.45, 7) is 5.11. The van der Waals surface area contributed by atoms with Crippen molar-refractivity contribution in [1.29, 1.82) is 0 Å². The average Bonchev–Trinajstić information content (AvgIpc) is 2.66. The molecule has 0 radical (unpaired) electrons. The van der Waals surface area contributed by atoms with Gasteiger partial charge in [-0.25, -0.2) is 0 Å². The first-order valence-corrected chi connectivity index (χ1v) is 9.51. The Morgan fingerprint density at radius 3 is 2.73 bits per heavy atom. The third-order valence-corrected chi connectivity index (χ3v) is 5.11. The summed E-state index contributed by atoms with van der Waals surface area (Å²) in [6, 6.07) is 11.6. The first-order valence-electron chi connectivity index (χ1n) is 8.53. The second kappa shape index (κ2) is 8.36. The van der Waals surface area contributed by atoms with Gasteiger partial charge >= 0.3 is 0 Å². The lowest BCUT2D eigenvalue weighted by molar-refractivity contribution is -0.119. The van der Waals surface area contributed by atoms with Crippen molar-refractivity contribution < 1.29 is 19.0 Å². The molecule has 1 aliphatic heterocycles. The van der Waals surface area contributed by atoms with E-state index in [0.717, 1.165) is 33.3 Å². The van der Waals surface area contributed by atoms with Gasteiger partial charge in [0.25, 0.3) is 0 Å². The van der Waals surface area contributed by atoms with Gasteiger partial charge in [0, 0.05) is 10.5 Å². The highest BCUT2D eigenvalue weighted by Crippen LogP contribution is 2.34. The van der Waals surface area contributed by atoms with Crippen molar-refractivity contribution in [2.24, 2.45) is 0 Å². The Morgan fingerprint density at radius 1 is 1.19 bits per heavy atom. The number of methoxy groups -OCH3 is 1. The van der Waals surface area contributed by atoms with Crippen LogP contribution in [0.2, 0.25) is 0 Å². The molecule has 3 rings (SSSR count). The second-order valence-corrected chi connectivity index (χ2v) is 7.18. The molecular formula is C20H23NO4S. The highest BCUT2D eigenvalue weighted by molar-refractivity contribution is 8.00. The van der Waals surface area contributed by atoms with Gasteiger partial charge in [-0.1, -0.05) is 17.7 Å². The molecule has 1 N–H and O–H groups in total. The van der Waals surface area contributed by atoms with E-state index in [2.05, 4.69) is 5.32 Å². The zero-order chi connectivity index (χ0) is 18.5. The van der Waals surface area contributed by atoms with E-state index >= 15 is 0 Å². The van der Waals surface area contributed by atoms with Gasteiger partial charge in [0.05, 0.1) is 18.9 Å². The highest BCUT2D eigenvalue weighted by atomic mass is 32.2. The third kappa shape index (κ3) is 4.43. The summed E-state index contributed by atoms with van der Waals surface area (Å²) in [5.41, 5.74) is 2.11. The highest BCUT2D eigenvalue weighted by Gasteiger charge is 2.16. The normalized spacial score (nSPS) is 13.8. The fourth-order valence-electron chi connectivity index (χ4n) is 2.82. The molecule has 0 bridgehead atoms. The number of aryl methyl sites for hydroxylation is 1. The van der Waals surface area contributed by atoms with Crippen LogP contribution in [0.1, 0.15) is 24.1 Å². The van der Waals surface area contributed by atoms with Gasteiger partial charge in [0.1, 0.15) is 19.0 Å². The number of thioether (sulfide) groups is 1. The molecule has 0 aromatic heterocycles. The number of nitrogens with one attached hydrogen (secondary N) is 1. The molecule has 2 aromatic rings. The zero-order valence-corrected chi connectivity index (χ0v) is 16.0. The lowest BCUT2D eigenvalue weighted by Gasteiger charge is -2.19. The third-order valence-electron chi connectivity index (χ3n) is 4.11. The Balaban J connectivity index is 1.58. The van der Waals surface area contributed by atoms with Crippen molar-refractivity contribution >= 4 is 17.7 Å². The van der Waals surface area contributed by atoms with Crippen LogP contribution in [0.3, 0.4) is 0 Å². The molecule has 0 saturated heterocycles. The fraction of sp³-hybridized carbons (Fsp3) is 0.350. The van der Waals surface area contributed by atoms with Crippen LogP contribution in [0.15, 0.2) is 41.3 Å². The molecule has 0 fully saturated rings. The number of carbonyl (C=O) groups is 1. The maximum absolute atomic E-state index is 12.3. The molecule has 2 aromatic carbocycles. The van der Waals surface area contributed by atoms with E-state index in [-0.39, 0.29) is 11.9 Å². The van der Waals surface area contributed by atoms with Gasteiger partial charge in [-0.3, -0.25) is 4.79 Å². The minimum absolute atomic E-state index is 0.0269. The zero-order valence-electron chi connectivity index (χ0n) is 15.2. The van der Waals surface area contributed by atoms with Crippen LogP contribution in [0, 0.1) is 6.92 Å². The minimum atomic E-state index is -0.127. The molecule has 5 nitrogen and oxygen atoms in total. The van der Waals surface area contributed by atoms with Crippen LogP contribution in [0.4, 0.5) is 0 Å². The van der Waals surface area contributed by atoms with E-state index in [9.17, 15) is 4.79 Å². The number of amides is 1. The molecule has 0 saturated carbocycles. The van der Waals surface area contributed by atoms with Crippen LogP contribution in [-0.2, 0) is 4.79 Å². The maximum Gasteiger partial charge on any atom is 0.230 e. The molecule has 26 heavy (non-hydrogen) atoms. The maximum atomic E-state index is 12.3. The van der Waals surface area contributed by atoms with Gasteiger partial charge in [-0.05, 0) is 38.1 Å². The van der Waals surface area contributed by atoms with Crippen LogP contribution in [0.5, 0.6) is 17.2 Å². The van der Waals surface area contributed by atoms with Gasteiger partial charge < -0.3 is 19.5 Å². The minimum Gasteiger partial charge on any atom is -0.496 e. The van der Waals surface area contributed by atoms with Gasteiger partial charge in [0.2, 0.25) is 5.91 Å². The Bertz CT molecular complexity index is 793.